The maximum atomic E-state index is 13.0. The molecule has 1 aromatic carbocycles. The number of hydrogen-bond acceptors (Lipinski definition) is 2. The van der Waals surface area contributed by atoms with Crippen LogP contribution in [0.4, 0.5) is 13.2 Å². The van der Waals surface area contributed by atoms with Gasteiger partial charge in [-0.05, 0) is 18.6 Å². The summed E-state index contributed by atoms with van der Waals surface area (Å²) in [6.07, 6.45) is -0.705. The number of alkyl halides is 3. The minimum atomic E-state index is -4.57. The highest BCUT2D eigenvalue weighted by molar-refractivity contribution is 5.96. The lowest BCUT2D eigenvalue weighted by Gasteiger charge is -2.17. The third-order valence-electron chi connectivity index (χ3n) is 3.32. The van der Waals surface area contributed by atoms with E-state index >= 15 is 0 Å². The van der Waals surface area contributed by atoms with Crippen molar-refractivity contribution in [2.45, 2.75) is 25.6 Å². The number of nitrogens with zero attached hydrogens (tertiary/aromatic N) is 2. The number of hydrogen-bond donors (Lipinski definition) is 1. The number of benzene rings is 1. The Hall–Kier alpha value is -2.31. The molecule has 0 aliphatic heterocycles. The van der Waals surface area contributed by atoms with Gasteiger partial charge >= 0.3 is 6.18 Å². The van der Waals surface area contributed by atoms with E-state index in [2.05, 4.69) is 10.4 Å². The topological polar surface area (TPSA) is 46.9 Å². The molecule has 0 aliphatic carbocycles. The summed E-state index contributed by atoms with van der Waals surface area (Å²) in [6.45, 7) is 1.84. The Balaban J connectivity index is 2.25. The predicted molar refractivity (Wildman–Crippen MR) is 75.2 cm³/mol. The molecule has 1 N–H and O–H groups in total. The summed E-state index contributed by atoms with van der Waals surface area (Å²) in [5, 5.41) is 6.64. The molecular formula is C15H16F3N3O. The van der Waals surface area contributed by atoms with Gasteiger partial charge < -0.3 is 5.32 Å². The molecule has 7 heteroatoms. The summed E-state index contributed by atoms with van der Waals surface area (Å²) in [4.78, 5) is 12.2. The van der Waals surface area contributed by atoms with Crippen LogP contribution in [-0.2, 0) is 13.2 Å². The Morgan fingerprint density at radius 3 is 2.59 bits per heavy atom. The molecule has 0 aliphatic rings. The Bertz CT molecular complexity index is 664. The van der Waals surface area contributed by atoms with Gasteiger partial charge in [-0.1, -0.05) is 19.1 Å². The van der Waals surface area contributed by atoms with Gasteiger partial charge in [-0.3, -0.25) is 9.48 Å². The fraction of sp³-hybridized carbons (Fsp3) is 0.333. The summed E-state index contributed by atoms with van der Waals surface area (Å²) < 4.78 is 40.5. The van der Waals surface area contributed by atoms with Gasteiger partial charge in [0.1, 0.15) is 0 Å². The lowest BCUT2D eigenvalue weighted by molar-refractivity contribution is -0.137. The molecule has 2 rings (SSSR count). The molecule has 2 aromatic rings. The summed E-state index contributed by atoms with van der Waals surface area (Å²) in [6, 6.07) is 4.36. The molecule has 22 heavy (non-hydrogen) atoms. The zero-order valence-electron chi connectivity index (χ0n) is 12.2. The van der Waals surface area contributed by atoms with E-state index in [1.807, 2.05) is 6.92 Å². The highest BCUT2D eigenvalue weighted by Gasteiger charge is 2.35. The van der Waals surface area contributed by atoms with Crippen LogP contribution in [-0.4, -0.2) is 15.7 Å². The van der Waals surface area contributed by atoms with Crippen molar-refractivity contribution in [2.24, 2.45) is 7.05 Å². The van der Waals surface area contributed by atoms with Crippen LogP contribution in [0.25, 0.3) is 0 Å². The van der Waals surface area contributed by atoms with Crippen molar-refractivity contribution in [1.29, 1.82) is 0 Å². The van der Waals surface area contributed by atoms with Gasteiger partial charge in [-0.15, -0.1) is 0 Å². The van der Waals surface area contributed by atoms with Crippen LogP contribution >= 0.6 is 0 Å². The molecule has 4 nitrogen and oxygen atoms in total. The highest BCUT2D eigenvalue weighted by atomic mass is 19.4. The molecule has 0 fully saturated rings. The first-order valence-corrected chi connectivity index (χ1v) is 6.78. The number of rotatable bonds is 4. The van der Waals surface area contributed by atoms with Crippen LogP contribution in [0.5, 0.6) is 0 Å². The normalized spacial score (nSPS) is 13.0. The van der Waals surface area contributed by atoms with Gasteiger partial charge in [-0.2, -0.15) is 18.3 Å². The van der Waals surface area contributed by atoms with Crippen LogP contribution in [0.3, 0.4) is 0 Å². The third-order valence-corrected chi connectivity index (χ3v) is 3.32. The summed E-state index contributed by atoms with van der Waals surface area (Å²) in [5.74, 6) is -0.747. The first-order valence-electron chi connectivity index (χ1n) is 6.78. The fourth-order valence-electron chi connectivity index (χ4n) is 2.21. The Kier molecular flexibility index (Phi) is 4.54. The minimum Gasteiger partial charge on any atom is -0.345 e. The third kappa shape index (κ3) is 3.47. The smallest absolute Gasteiger partial charge is 0.345 e. The van der Waals surface area contributed by atoms with E-state index in [4.69, 9.17) is 0 Å². The first-order chi connectivity index (χ1) is 10.3. The van der Waals surface area contributed by atoms with Crippen molar-refractivity contribution in [3.8, 4) is 0 Å². The first kappa shape index (κ1) is 16.1. The molecule has 0 spiro atoms. The van der Waals surface area contributed by atoms with E-state index in [0.717, 1.165) is 11.6 Å². The van der Waals surface area contributed by atoms with Crippen LogP contribution < -0.4 is 5.32 Å². The molecule has 0 bridgehead atoms. The number of nitrogens with one attached hydrogen (secondary N) is 1. The van der Waals surface area contributed by atoms with Gasteiger partial charge in [0, 0.05) is 18.8 Å². The molecule has 1 aromatic heterocycles. The Morgan fingerprint density at radius 1 is 1.36 bits per heavy atom. The second-order valence-electron chi connectivity index (χ2n) is 4.92. The summed E-state index contributed by atoms with van der Waals surface area (Å²) in [5.41, 5.74) is -0.561. The average Bonchev–Trinajstić information content (AvgIpc) is 2.90. The van der Waals surface area contributed by atoms with Crippen LogP contribution in [0.1, 0.15) is 40.9 Å². The lowest BCUT2D eigenvalue weighted by Crippen LogP contribution is -2.29. The number of carbonyl (C=O) groups is 1. The molecule has 1 heterocycles. The molecule has 0 saturated carbocycles. The van der Waals surface area contributed by atoms with Crippen molar-refractivity contribution in [3.63, 3.8) is 0 Å². The zero-order valence-corrected chi connectivity index (χ0v) is 12.2. The van der Waals surface area contributed by atoms with Gasteiger partial charge in [0.25, 0.3) is 5.91 Å². The van der Waals surface area contributed by atoms with Gasteiger partial charge in [0.15, 0.2) is 0 Å². The van der Waals surface area contributed by atoms with Crippen LogP contribution in [0.15, 0.2) is 36.7 Å². The van der Waals surface area contributed by atoms with E-state index in [-0.39, 0.29) is 11.6 Å². The summed E-state index contributed by atoms with van der Waals surface area (Å²) in [7, 11) is 1.73. The quantitative estimate of drug-likeness (QED) is 0.941. The maximum Gasteiger partial charge on any atom is 0.417 e. The number of aryl methyl sites for hydroxylation is 1. The number of carbonyl (C=O) groups excluding carboxylic acids is 1. The van der Waals surface area contributed by atoms with Crippen molar-refractivity contribution in [1.82, 2.24) is 15.1 Å². The molecule has 1 amide bonds. The zero-order chi connectivity index (χ0) is 16.3. The van der Waals surface area contributed by atoms with Crippen molar-refractivity contribution < 1.29 is 18.0 Å². The molecule has 0 saturated heterocycles. The SMILES string of the molecule is CCC(NC(=O)c1ccccc1C(F)(F)F)c1cnn(C)c1. The van der Waals surface area contributed by atoms with Crippen molar-refractivity contribution >= 4 is 5.91 Å². The lowest BCUT2D eigenvalue weighted by atomic mass is 10.0. The second kappa shape index (κ2) is 6.21. The predicted octanol–water partition coefficient (Wildman–Crippen LogP) is 3.32. The molecule has 1 unspecified atom stereocenters. The minimum absolute atomic E-state index is 0.377. The number of halogens is 3. The van der Waals surface area contributed by atoms with Gasteiger partial charge in [-0.25, -0.2) is 0 Å². The van der Waals surface area contributed by atoms with E-state index in [1.165, 1.54) is 18.2 Å². The van der Waals surface area contributed by atoms with E-state index in [1.54, 1.807) is 24.1 Å². The second-order valence-corrected chi connectivity index (χ2v) is 4.92. The number of aromatic nitrogens is 2. The van der Waals surface area contributed by atoms with Gasteiger partial charge in [0.2, 0.25) is 0 Å². The Labute approximate surface area is 125 Å². The number of amides is 1. The average molecular weight is 311 g/mol. The van der Waals surface area contributed by atoms with Crippen LogP contribution in [0, 0.1) is 0 Å². The van der Waals surface area contributed by atoms with E-state index in [9.17, 15) is 18.0 Å². The monoisotopic (exact) mass is 311 g/mol. The highest BCUT2D eigenvalue weighted by Crippen LogP contribution is 2.32. The van der Waals surface area contributed by atoms with Crippen molar-refractivity contribution in [3.05, 3.63) is 53.3 Å². The van der Waals surface area contributed by atoms with Crippen LogP contribution in [0.2, 0.25) is 0 Å². The Morgan fingerprint density at radius 2 is 2.05 bits per heavy atom. The summed E-state index contributed by atoms with van der Waals surface area (Å²) >= 11 is 0. The van der Waals surface area contributed by atoms with E-state index < -0.39 is 17.6 Å². The molecule has 0 radical (unpaired) electrons. The van der Waals surface area contributed by atoms with Crippen molar-refractivity contribution in [2.75, 3.05) is 0 Å². The standard InChI is InChI=1S/C15H16F3N3O/c1-3-13(10-8-19-21(2)9-10)20-14(22)11-6-4-5-7-12(11)15(16,17)18/h4-9,13H,3H2,1-2H3,(H,20,22). The largest absolute Gasteiger partial charge is 0.417 e. The molecule has 118 valence electrons. The molecule has 1 atom stereocenters. The van der Waals surface area contributed by atoms with E-state index in [0.29, 0.717) is 6.42 Å². The maximum absolute atomic E-state index is 13.0. The van der Waals surface area contributed by atoms with Gasteiger partial charge in [0.05, 0.1) is 23.4 Å². The fourth-order valence-corrected chi connectivity index (χ4v) is 2.21. The molecular weight excluding hydrogens is 295 g/mol.